The highest BCUT2D eigenvalue weighted by Gasteiger charge is 2.36. The molecule has 2 nitrogen and oxygen atoms in total. The number of hydrogen-bond acceptors (Lipinski definition) is 2. The Kier molecular flexibility index (Phi) is 2.29. The van der Waals surface area contributed by atoms with Gasteiger partial charge >= 0.3 is 0 Å². The van der Waals surface area contributed by atoms with Crippen LogP contribution in [-0.2, 0) is 0 Å². The molecule has 82 valence electrons. The highest BCUT2D eigenvalue weighted by Crippen LogP contribution is 2.40. The van der Waals surface area contributed by atoms with Crippen LogP contribution in [0, 0.1) is 0 Å². The lowest BCUT2D eigenvalue weighted by Crippen LogP contribution is -2.10. The second kappa shape index (κ2) is 3.80. The van der Waals surface area contributed by atoms with Crippen LogP contribution >= 0.6 is 0 Å². The number of hydrogen-bond donors (Lipinski definition) is 1. The van der Waals surface area contributed by atoms with Gasteiger partial charge in [-0.1, -0.05) is 24.3 Å². The minimum atomic E-state index is 0.675. The van der Waals surface area contributed by atoms with Crippen molar-refractivity contribution in [1.82, 2.24) is 5.32 Å². The summed E-state index contributed by atoms with van der Waals surface area (Å²) in [6, 6.07) is 13.3. The standard InChI is InChI=1S/C14H15NO/c1-15-13-9-12(13)10-4-6-11(7-5-10)14-3-2-8-16-14/h2-8,12-13,15H,9H2,1H3/t12-,13+/m0/s1. The summed E-state index contributed by atoms with van der Waals surface area (Å²) in [5, 5.41) is 3.31. The van der Waals surface area contributed by atoms with Gasteiger partial charge in [-0.25, -0.2) is 0 Å². The van der Waals surface area contributed by atoms with Gasteiger partial charge in [-0.15, -0.1) is 0 Å². The first kappa shape index (κ1) is 9.67. The van der Waals surface area contributed by atoms with Crippen molar-refractivity contribution in [2.24, 2.45) is 0 Å². The molecule has 2 atom stereocenters. The van der Waals surface area contributed by atoms with Crippen LogP contribution in [0.2, 0.25) is 0 Å². The summed E-state index contributed by atoms with van der Waals surface area (Å²) in [6.45, 7) is 0. The zero-order chi connectivity index (χ0) is 11.0. The molecule has 0 bridgehead atoms. The first-order chi connectivity index (χ1) is 7.88. The average Bonchev–Trinajstić information content (AvgIpc) is 2.93. The molecule has 1 aliphatic rings. The third-order valence-electron chi connectivity index (χ3n) is 3.31. The molecule has 0 radical (unpaired) electrons. The Labute approximate surface area is 95.3 Å². The van der Waals surface area contributed by atoms with Gasteiger partial charge in [0.15, 0.2) is 0 Å². The predicted molar refractivity (Wildman–Crippen MR) is 64.3 cm³/mol. The van der Waals surface area contributed by atoms with Gasteiger partial charge in [0.1, 0.15) is 5.76 Å². The van der Waals surface area contributed by atoms with Gasteiger partial charge in [0, 0.05) is 17.5 Å². The minimum Gasteiger partial charge on any atom is -0.464 e. The summed E-state index contributed by atoms with van der Waals surface area (Å²) < 4.78 is 5.37. The van der Waals surface area contributed by atoms with Crippen LogP contribution in [0.4, 0.5) is 0 Å². The Hall–Kier alpha value is -1.54. The van der Waals surface area contributed by atoms with E-state index < -0.39 is 0 Å². The SMILES string of the molecule is CN[C@@H]1C[C@H]1c1ccc(-c2ccco2)cc1. The van der Waals surface area contributed by atoms with Crippen molar-refractivity contribution in [3.05, 3.63) is 48.2 Å². The highest BCUT2D eigenvalue weighted by atomic mass is 16.3. The van der Waals surface area contributed by atoms with E-state index in [4.69, 9.17) is 4.42 Å². The molecule has 1 saturated carbocycles. The molecule has 0 unspecified atom stereocenters. The van der Waals surface area contributed by atoms with Crippen LogP contribution in [0.25, 0.3) is 11.3 Å². The normalized spacial score (nSPS) is 23.3. The van der Waals surface area contributed by atoms with Gasteiger partial charge in [-0.05, 0) is 31.2 Å². The van der Waals surface area contributed by atoms with E-state index >= 15 is 0 Å². The van der Waals surface area contributed by atoms with Crippen molar-refractivity contribution < 1.29 is 4.42 Å². The maximum absolute atomic E-state index is 5.37. The fraction of sp³-hybridized carbons (Fsp3) is 0.286. The Morgan fingerprint density at radius 3 is 2.56 bits per heavy atom. The average molecular weight is 213 g/mol. The van der Waals surface area contributed by atoms with Crippen LogP contribution in [0.15, 0.2) is 47.1 Å². The summed E-state index contributed by atoms with van der Waals surface area (Å²) in [7, 11) is 2.03. The molecule has 2 aromatic rings. The van der Waals surface area contributed by atoms with Gasteiger partial charge in [-0.3, -0.25) is 0 Å². The van der Waals surface area contributed by atoms with E-state index in [9.17, 15) is 0 Å². The van der Waals surface area contributed by atoms with E-state index in [1.54, 1.807) is 6.26 Å². The van der Waals surface area contributed by atoms with E-state index in [-0.39, 0.29) is 0 Å². The molecular weight excluding hydrogens is 198 g/mol. The molecule has 0 saturated heterocycles. The summed E-state index contributed by atoms with van der Waals surface area (Å²) in [4.78, 5) is 0. The molecule has 1 aromatic heterocycles. The van der Waals surface area contributed by atoms with E-state index in [1.165, 1.54) is 12.0 Å². The lowest BCUT2D eigenvalue weighted by molar-refractivity contribution is 0.582. The molecule has 1 fully saturated rings. The molecule has 1 N–H and O–H groups in total. The van der Waals surface area contributed by atoms with Gasteiger partial charge in [0.2, 0.25) is 0 Å². The molecule has 0 aliphatic heterocycles. The molecular formula is C14H15NO. The number of likely N-dealkylation sites (N-methyl/N-ethyl adjacent to an activating group) is 1. The third kappa shape index (κ3) is 1.65. The van der Waals surface area contributed by atoms with Crippen LogP contribution in [0.3, 0.4) is 0 Å². The number of rotatable bonds is 3. The zero-order valence-corrected chi connectivity index (χ0v) is 9.31. The topological polar surface area (TPSA) is 25.2 Å². The third-order valence-corrected chi connectivity index (χ3v) is 3.31. The minimum absolute atomic E-state index is 0.675. The summed E-state index contributed by atoms with van der Waals surface area (Å²) in [5.74, 6) is 1.64. The predicted octanol–water partition coefficient (Wildman–Crippen LogP) is 3.02. The molecule has 3 rings (SSSR count). The van der Waals surface area contributed by atoms with Crippen molar-refractivity contribution in [3.8, 4) is 11.3 Å². The Balaban J connectivity index is 1.81. The quantitative estimate of drug-likeness (QED) is 0.847. The smallest absolute Gasteiger partial charge is 0.133 e. The van der Waals surface area contributed by atoms with Gasteiger partial charge in [0.05, 0.1) is 6.26 Å². The van der Waals surface area contributed by atoms with Crippen molar-refractivity contribution >= 4 is 0 Å². The van der Waals surface area contributed by atoms with E-state index in [1.807, 2.05) is 19.2 Å². The number of benzene rings is 1. The lowest BCUT2D eigenvalue weighted by Gasteiger charge is -2.01. The molecule has 0 amide bonds. The van der Waals surface area contributed by atoms with Gasteiger partial charge in [0.25, 0.3) is 0 Å². The van der Waals surface area contributed by atoms with E-state index in [0.717, 1.165) is 11.3 Å². The van der Waals surface area contributed by atoms with Gasteiger partial charge < -0.3 is 9.73 Å². The second-order valence-electron chi connectivity index (χ2n) is 4.34. The van der Waals surface area contributed by atoms with Crippen molar-refractivity contribution in [2.75, 3.05) is 7.05 Å². The monoisotopic (exact) mass is 213 g/mol. The van der Waals surface area contributed by atoms with E-state index in [2.05, 4.69) is 29.6 Å². The molecule has 2 heteroatoms. The van der Waals surface area contributed by atoms with Crippen molar-refractivity contribution in [2.45, 2.75) is 18.4 Å². The Morgan fingerprint density at radius 2 is 2.00 bits per heavy atom. The molecule has 1 aliphatic carbocycles. The first-order valence-corrected chi connectivity index (χ1v) is 5.69. The zero-order valence-electron chi connectivity index (χ0n) is 9.31. The molecule has 16 heavy (non-hydrogen) atoms. The molecule has 0 spiro atoms. The second-order valence-corrected chi connectivity index (χ2v) is 4.34. The number of furan rings is 1. The van der Waals surface area contributed by atoms with Crippen LogP contribution in [-0.4, -0.2) is 13.1 Å². The lowest BCUT2D eigenvalue weighted by atomic mass is 10.1. The fourth-order valence-electron chi connectivity index (χ4n) is 2.22. The fourth-order valence-corrected chi connectivity index (χ4v) is 2.22. The summed E-state index contributed by atoms with van der Waals surface area (Å²) in [5.41, 5.74) is 2.57. The maximum Gasteiger partial charge on any atom is 0.133 e. The van der Waals surface area contributed by atoms with Crippen molar-refractivity contribution in [1.29, 1.82) is 0 Å². The van der Waals surface area contributed by atoms with Crippen LogP contribution in [0.1, 0.15) is 17.9 Å². The van der Waals surface area contributed by atoms with Crippen LogP contribution in [0.5, 0.6) is 0 Å². The Morgan fingerprint density at radius 1 is 1.19 bits per heavy atom. The van der Waals surface area contributed by atoms with Crippen molar-refractivity contribution in [3.63, 3.8) is 0 Å². The summed E-state index contributed by atoms with van der Waals surface area (Å²) in [6.07, 6.45) is 2.97. The highest BCUT2D eigenvalue weighted by molar-refractivity contribution is 5.57. The molecule has 1 aromatic carbocycles. The van der Waals surface area contributed by atoms with Crippen LogP contribution < -0.4 is 5.32 Å². The number of nitrogens with one attached hydrogen (secondary N) is 1. The Bertz CT molecular complexity index is 458. The van der Waals surface area contributed by atoms with Gasteiger partial charge in [-0.2, -0.15) is 0 Å². The maximum atomic E-state index is 5.37. The first-order valence-electron chi connectivity index (χ1n) is 5.69. The summed E-state index contributed by atoms with van der Waals surface area (Å²) >= 11 is 0. The van der Waals surface area contributed by atoms with E-state index in [0.29, 0.717) is 12.0 Å². The largest absolute Gasteiger partial charge is 0.464 e. The molecule has 1 heterocycles.